The van der Waals surface area contributed by atoms with Crippen LogP contribution in [0.25, 0.3) is 5.57 Å². The molecule has 1 aliphatic rings. The van der Waals surface area contributed by atoms with Crippen LogP contribution in [0.2, 0.25) is 0 Å². The van der Waals surface area contributed by atoms with Crippen molar-refractivity contribution in [3.05, 3.63) is 71.4 Å². The number of nitrogens with zero attached hydrogens (tertiary/aromatic N) is 3. The van der Waals surface area contributed by atoms with Gasteiger partial charge in [0.1, 0.15) is 23.0 Å². The van der Waals surface area contributed by atoms with Crippen molar-refractivity contribution in [2.24, 2.45) is 0 Å². The predicted octanol–water partition coefficient (Wildman–Crippen LogP) is 4.25. The normalized spacial score (nSPS) is 17.4. The van der Waals surface area contributed by atoms with E-state index in [-0.39, 0.29) is 42.3 Å². The summed E-state index contributed by atoms with van der Waals surface area (Å²) in [5.74, 6) is -0.237. The van der Waals surface area contributed by atoms with Gasteiger partial charge in [0.2, 0.25) is 5.82 Å². The van der Waals surface area contributed by atoms with E-state index in [1.165, 1.54) is 12.1 Å². The van der Waals surface area contributed by atoms with Crippen molar-refractivity contribution < 1.29 is 36.4 Å². The molecule has 1 unspecified atom stereocenters. The van der Waals surface area contributed by atoms with Crippen LogP contribution in [0, 0.1) is 12.7 Å². The van der Waals surface area contributed by atoms with Crippen LogP contribution in [-0.4, -0.2) is 33.2 Å². The number of nitrogens with one attached hydrogen (secondary N) is 1. The van der Waals surface area contributed by atoms with Crippen LogP contribution >= 0.6 is 0 Å². The fourth-order valence-electron chi connectivity index (χ4n) is 3.38. The molecule has 1 aromatic carbocycles. The first-order valence-corrected chi connectivity index (χ1v) is 10.4. The van der Waals surface area contributed by atoms with Gasteiger partial charge in [-0.25, -0.2) is 4.39 Å². The lowest BCUT2D eigenvalue weighted by atomic mass is 9.80. The number of rotatable bonds is 8. The number of hydrogen-bond acceptors (Lipinski definition) is 7. The molecule has 0 spiro atoms. The van der Waals surface area contributed by atoms with Gasteiger partial charge in [0.25, 0.3) is 11.8 Å². The Hall–Kier alpha value is -3.96. The Labute approximate surface area is 197 Å². The molecule has 0 bridgehead atoms. The van der Waals surface area contributed by atoms with Gasteiger partial charge in [-0.1, -0.05) is 17.3 Å². The molecule has 35 heavy (non-hydrogen) atoms. The van der Waals surface area contributed by atoms with Crippen LogP contribution in [0.1, 0.15) is 36.3 Å². The molecule has 0 saturated carbocycles. The van der Waals surface area contributed by atoms with Crippen molar-refractivity contribution in [2.45, 2.75) is 38.6 Å². The standard InChI is InChI=1S/C23H20F4N4O4/c1-13-3-4-15(7-17(13)24)34-12-20(32)30-22(2)9-14(10-22)21-29-19(31-35-21)11-33-16-5-6-28-18(8-16)23(25,26)27/h3-9H,10-12H2,1-2H3,(H,30,32). The van der Waals surface area contributed by atoms with E-state index in [0.717, 1.165) is 12.3 Å². The average molecular weight is 492 g/mol. The molecule has 1 atom stereocenters. The van der Waals surface area contributed by atoms with E-state index in [4.69, 9.17) is 14.0 Å². The highest BCUT2D eigenvalue weighted by molar-refractivity contribution is 5.81. The van der Waals surface area contributed by atoms with Crippen LogP contribution in [0.4, 0.5) is 17.6 Å². The van der Waals surface area contributed by atoms with Gasteiger partial charge < -0.3 is 19.3 Å². The number of aromatic nitrogens is 3. The van der Waals surface area contributed by atoms with Gasteiger partial charge in [0, 0.05) is 30.3 Å². The second kappa shape index (κ2) is 9.35. The Balaban J connectivity index is 1.28. The van der Waals surface area contributed by atoms with E-state index in [9.17, 15) is 22.4 Å². The summed E-state index contributed by atoms with van der Waals surface area (Å²) in [4.78, 5) is 19.7. The first kappa shape index (κ1) is 24.2. The van der Waals surface area contributed by atoms with Crippen LogP contribution in [-0.2, 0) is 17.6 Å². The summed E-state index contributed by atoms with van der Waals surface area (Å²) >= 11 is 0. The van der Waals surface area contributed by atoms with Crippen LogP contribution in [0.5, 0.6) is 11.5 Å². The number of amides is 1. The molecule has 1 aliphatic carbocycles. The summed E-state index contributed by atoms with van der Waals surface area (Å²) in [7, 11) is 0. The molecule has 3 aromatic rings. The first-order valence-electron chi connectivity index (χ1n) is 10.4. The number of halogens is 4. The zero-order chi connectivity index (χ0) is 25.2. The van der Waals surface area contributed by atoms with E-state index >= 15 is 0 Å². The number of hydrogen-bond donors (Lipinski definition) is 1. The Kier molecular flexibility index (Phi) is 6.46. The zero-order valence-electron chi connectivity index (χ0n) is 18.6. The van der Waals surface area contributed by atoms with Crippen LogP contribution in [0.15, 0.2) is 47.1 Å². The molecule has 0 radical (unpaired) electrons. The number of pyridine rings is 1. The first-order chi connectivity index (χ1) is 16.5. The fraction of sp³-hybridized carbons (Fsp3) is 0.304. The average Bonchev–Trinajstić information content (AvgIpc) is 3.25. The molecule has 2 heterocycles. The number of benzene rings is 1. The Morgan fingerprint density at radius 1 is 1.20 bits per heavy atom. The third-order valence-corrected chi connectivity index (χ3v) is 5.12. The number of carbonyl (C=O) groups excluding carboxylic acids is 1. The quantitative estimate of drug-likeness (QED) is 0.470. The summed E-state index contributed by atoms with van der Waals surface area (Å²) in [6.07, 6.45) is -1.44. The third-order valence-electron chi connectivity index (χ3n) is 5.12. The van der Waals surface area contributed by atoms with Crippen molar-refractivity contribution in [1.29, 1.82) is 0 Å². The number of ether oxygens (including phenoxy) is 2. The summed E-state index contributed by atoms with van der Waals surface area (Å²) in [6.45, 7) is 2.93. The number of carbonyl (C=O) groups is 1. The topological polar surface area (TPSA) is 99.4 Å². The monoisotopic (exact) mass is 492 g/mol. The number of aryl methyl sites for hydroxylation is 1. The molecular formula is C23H20F4N4O4. The van der Waals surface area contributed by atoms with E-state index in [1.54, 1.807) is 32.1 Å². The van der Waals surface area contributed by atoms with Crippen molar-refractivity contribution >= 4 is 11.5 Å². The van der Waals surface area contributed by atoms with Gasteiger partial charge >= 0.3 is 6.18 Å². The maximum atomic E-state index is 13.6. The fourth-order valence-corrected chi connectivity index (χ4v) is 3.38. The molecule has 4 rings (SSSR count). The highest BCUT2D eigenvalue weighted by Crippen LogP contribution is 2.36. The van der Waals surface area contributed by atoms with Crippen LogP contribution < -0.4 is 14.8 Å². The van der Waals surface area contributed by atoms with Gasteiger partial charge in [0.15, 0.2) is 13.2 Å². The Bertz CT molecular complexity index is 1270. The highest BCUT2D eigenvalue weighted by atomic mass is 19.4. The van der Waals surface area contributed by atoms with E-state index in [0.29, 0.717) is 17.6 Å². The molecule has 2 aromatic heterocycles. The molecule has 12 heteroatoms. The minimum absolute atomic E-state index is 0.0348. The largest absolute Gasteiger partial charge is 0.485 e. The minimum atomic E-state index is -4.58. The minimum Gasteiger partial charge on any atom is -0.485 e. The molecule has 0 fully saturated rings. The molecule has 0 saturated heterocycles. The molecule has 8 nitrogen and oxygen atoms in total. The predicted molar refractivity (Wildman–Crippen MR) is 114 cm³/mol. The van der Waals surface area contributed by atoms with Gasteiger partial charge in [-0.3, -0.25) is 9.78 Å². The number of alkyl halides is 3. The van der Waals surface area contributed by atoms with Gasteiger partial charge in [-0.15, -0.1) is 0 Å². The molecule has 1 N–H and O–H groups in total. The van der Waals surface area contributed by atoms with Gasteiger partial charge in [-0.05, 0) is 31.5 Å². The lowest BCUT2D eigenvalue weighted by Gasteiger charge is -2.35. The smallest absolute Gasteiger partial charge is 0.433 e. The maximum Gasteiger partial charge on any atom is 0.433 e. The molecule has 184 valence electrons. The van der Waals surface area contributed by atoms with Gasteiger partial charge in [-0.2, -0.15) is 18.2 Å². The lowest BCUT2D eigenvalue weighted by molar-refractivity contribution is -0.141. The van der Waals surface area contributed by atoms with Crippen molar-refractivity contribution in [2.75, 3.05) is 6.61 Å². The molecular weight excluding hydrogens is 472 g/mol. The third kappa shape index (κ3) is 5.94. The Morgan fingerprint density at radius 3 is 2.66 bits per heavy atom. The van der Waals surface area contributed by atoms with Gasteiger partial charge in [0.05, 0.1) is 5.54 Å². The van der Waals surface area contributed by atoms with Crippen LogP contribution in [0.3, 0.4) is 0 Å². The van der Waals surface area contributed by atoms with E-state index < -0.39 is 23.2 Å². The highest BCUT2D eigenvalue weighted by Gasteiger charge is 2.36. The summed E-state index contributed by atoms with van der Waals surface area (Å²) in [6, 6.07) is 6.42. The van der Waals surface area contributed by atoms with E-state index in [2.05, 4.69) is 20.4 Å². The van der Waals surface area contributed by atoms with Crippen molar-refractivity contribution in [3.63, 3.8) is 0 Å². The summed E-state index contributed by atoms with van der Waals surface area (Å²) in [5.41, 5.74) is -0.563. The second-order valence-electron chi connectivity index (χ2n) is 8.19. The zero-order valence-corrected chi connectivity index (χ0v) is 18.6. The molecule has 1 amide bonds. The van der Waals surface area contributed by atoms with Crippen molar-refractivity contribution in [1.82, 2.24) is 20.4 Å². The lowest BCUT2D eigenvalue weighted by Crippen LogP contribution is -2.50. The van der Waals surface area contributed by atoms with Crippen molar-refractivity contribution in [3.8, 4) is 11.5 Å². The summed E-state index contributed by atoms with van der Waals surface area (Å²) in [5, 5.41) is 6.58. The van der Waals surface area contributed by atoms with E-state index in [1.807, 2.05) is 0 Å². The summed E-state index contributed by atoms with van der Waals surface area (Å²) < 4.78 is 67.6. The Morgan fingerprint density at radius 2 is 1.94 bits per heavy atom. The molecule has 0 aliphatic heterocycles. The second-order valence-corrected chi connectivity index (χ2v) is 8.19. The maximum absolute atomic E-state index is 13.6. The SMILES string of the molecule is Cc1ccc(OCC(=O)NC2(C)C=C(c3nc(COc4ccnc(C(F)(F)F)c4)no3)C2)cc1F.